The molecule has 0 spiro atoms. The predicted molar refractivity (Wildman–Crippen MR) is 109 cm³/mol. The van der Waals surface area contributed by atoms with Crippen LogP contribution in [0.1, 0.15) is 15.9 Å². The molecule has 5 nitrogen and oxygen atoms in total. The molecule has 0 aliphatic carbocycles. The molecule has 2 aromatic carbocycles. The summed E-state index contributed by atoms with van der Waals surface area (Å²) in [6.45, 7) is 0.727. The van der Waals surface area contributed by atoms with Gasteiger partial charge in [0.05, 0.1) is 12.7 Å². The van der Waals surface area contributed by atoms with Gasteiger partial charge in [0.25, 0.3) is 5.91 Å². The number of rotatable bonds is 7. The minimum atomic E-state index is -0.210. The van der Waals surface area contributed by atoms with E-state index in [-0.39, 0.29) is 5.91 Å². The van der Waals surface area contributed by atoms with Crippen LogP contribution in [0.4, 0.5) is 11.5 Å². The SMILES string of the molecule is COc1ccc(NC(=O)c2ccc(NCCc3cccc(Cl)c3)nc2)cc1. The second kappa shape index (κ2) is 9.05. The van der Waals surface area contributed by atoms with E-state index in [0.717, 1.165) is 35.1 Å². The Morgan fingerprint density at radius 3 is 2.59 bits per heavy atom. The van der Waals surface area contributed by atoms with Gasteiger partial charge in [-0.3, -0.25) is 4.79 Å². The van der Waals surface area contributed by atoms with E-state index >= 15 is 0 Å². The third kappa shape index (κ3) is 5.46. The molecule has 3 rings (SSSR count). The van der Waals surface area contributed by atoms with E-state index in [9.17, 15) is 4.79 Å². The number of methoxy groups -OCH3 is 1. The number of pyridine rings is 1. The van der Waals surface area contributed by atoms with Crippen molar-refractivity contribution in [3.63, 3.8) is 0 Å². The molecule has 1 amide bonds. The molecule has 138 valence electrons. The van der Waals surface area contributed by atoms with Crippen LogP contribution in [0.5, 0.6) is 5.75 Å². The van der Waals surface area contributed by atoms with Crippen LogP contribution in [0, 0.1) is 0 Å². The molecule has 0 aliphatic heterocycles. The molecule has 6 heteroatoms. The highest BCUT2D eigenvalue weighted by molar-refractivity contribution is 6.30. The number of anilines is 2. The Kier molecular flexibility index (Phi) is 6.28. The number of carbonyl (C=O) groups excluding carboxylic acids is 1. The summed E-state index contributed by atoms with van der Waals surface area (Å²) in [6.07, 6.45) is 2.39. The summed E-state index contributed by atoms with van der Waals surface area (Å²) < 4.78 is 5.10. The number of amides is 1. The number of aromatic nitrogens is 1. The van der Waals surface area contributed by atoms with Gasteiger partial charge in [0.2, 0.25) is 0 Å². The standard InChI is InChI=1S/C21H20ClN3O2/c1-27-19-8-6-18(7-9-19)25-21(26)16-5-10-20(24-14-16)23-12-11-15-3-2-4-17(22)13-15/h2-10,13-14H,11-12H2,1H3,(H,23,24)(H,25,26). The zero-order chi connectivity index (χ0) is 19.1. The van der Waals surface area contributed by atoms with Crippen molar-refractivity contribution < 1.29 is 9.53 Å². The molecule has 0 radical (unpaired) electrons. The molecule has 1 aromatic heterocycles. The maximum atomic E-state index is 12.3. The first-order valence-corrected chi connectivity index (χ1v) is 8.91. The lowest BCUT2D eigenvalue weighted by atomic mass is 10.1. The largest absolute Gasteiger partial charge is 0.497 e. The van der Waals surface area contributed by atoms with E-state index in [4.69, 9.17) is 16.3 Å². The lowest BCUT2D eigenvalue weighted by molar-refractivity contribution is 0.102. The van der Waals surface area contributed by atoms with Gasteiger partial charge in [0.1, 0.15) is 11.6 Å². The molecule has 3 aromatic rings. The second-order valence-corrected chi connectivity index (χ2v) is 6.36. The zero-order valence-electron chi connectivity index (χ0n) is 14.9. The molecule has 0 aliphatic rings. The summed E-state index contributed by atoms with van der Waals surface area (Å²) in [6, 6.07) is 18.5. The van der Waals surface area contributed by atoms with Gasteiger partial charge in [-0.1, -0.05) is 23.7 Å². The molecule has 27 heavy (non-hydrogen) atoms. The number of carbonyl (C=O) groups is 1. The highest BCUT2D eigenvalue weighted by Gasteiger charge is 2.07. The van der Waals surface area contributed by atoms with Crippen molar-refractivity contribution in [2.75, 3.05) is 24.3 Å². The van der Waals surface area contributed by atoms with Crippen molar-refractivity contribution >= 4 is 29.0 Å². The zero-order valence-corrected chi connectivity index (χ0v) is 15.7. The summed E-state index contributed by atoms with van der Waals surface area (Å²) in [5, 5.41) is 6.81. The van der Waals surface area contributed by atoms with Crippen molar-refractivity contribution in [1.29, 1.82) is 0 Å². The Bertz CT molecular complexity index is 896. The van der Waals surface area contributed by atoms with E-state index < -0.39 is 0 Å². The van der Waals surface area contributed by atoms with E-state index in [1.807, 2.05) is 24.3 Å². The van der Waals surface area contributed by atoms with Crippen LogP contribution in [0.3, 0.4) is 0 Å². The Hall–Kier alpha value is -3.05. The van der Waals surface area contributed by atoms with Crippen LogP contribution in [-0.4, -0.2) is 24.5 Å². The first kappa shape index (κ1) is 18.7. The number of nitrogens with one attached hydrogen (secondary N) is 2. The summed E-state index contributed by atoms with van der Waals surface area (Å²) >= 11 is 5.98. The van der Waals surface area contributed by atoms with Crippen LogP contribution in [0.15, 0.2) is 66.9 Å². The summed E-state index contributed by atoms with van der Waals surface area (Å²) in [4.78, 5) is 16.6. The van der Waals surface area contributed by atoms with Gasteiger partial charge < -0.3 is 15.4 Å². The lowest BCUT2D eigenvalue weighted by Gasteiger charge is -2.08. The van der Waals surface area contributed by atoms with Crippen molar-refractivity contribution in [2.24, 2.45) is 0 Å². The number of hydrogen-bond acceptors (Lipinski definition) is 4. The third-order valence-corrected chi connectivity index (χ3v) is 4.22. The maximum Gasteiger partial charge on any atom is 0.257 e. The Labute approximate surface area is 163 Å². The van der Waals surface area contributed by atoms with Gasteiger partial charge >= 0.3 is 0 Å². The Morgan fingerprint density at radius 1 is 1.11 bits per heavy atom. The molecule has 0 fully saturated rings. The summed E-state index contributed by atoms with van der Waals surface area (Å²) in [7, 11) is 1.60. The minimum absolute atomic E-state index is 0.210. The van der Waals surface area contributed by atoms with Gasteiger partial charge in [-0.25, -0.2) is 4.98 Å². The molecule has 2 N–H and O–H groups in total. The van der Waals surface area contributed by atoms with Gasteiger partial charge in [-0.15, -0.1) is 0 Å². The summed E-state index contributed by atoms with van der Waals surface area (Å²) in [5.74, 6) is 1.25. The number of halogens is 1. The van der Waals surface area contributed by atoms with Crippen molar-refractivity contribution in [3.8, 4) is 5.75 Å². The Morgan fingerprint density at radius 2 is 1.93 bits per heavy atom. The number of hydrogen-bond donors (Lipinski definition) is 2. The van der Waals surface area contributed by atoms with Gasteiger partial charge in [-0.05, 0) is 60.5 Å². The molecule has 0 saturated heterocycles. The molecule has 0 bridgehead atoms. The smallest absolute Gasteiger partial charge is 0.257 e. The summed E-state index contributed by atoms with van der Waals surface area (Å²) in [5.41, 5.74) is 2.35. The number of ether oxygens (including phenoxy) is 1. The molecular weight excluding hydrogens is 362 g/mol. The minimum Gasteiger partial charge on any atom is -0.497 e. The fourth-order valence-corrected chi connectivity index (χ4v) is 2.75. The second-order valence-electron chi connectivity index (χ2n) is 5.92. The van der Waals surface area contributed by atoms with Crippen LogP contribution in [0.2, 0.25) is 5.02 Å². The first-order chi connectivity index (χ1) is 13.1. The number of benzene rings is 2. The average molecular weight is 382 g/mol. The normalized spacial score (nSPS) is 10.3. The quantitative estimate of drug-likeness (QED) is 0.625. The number of nitrogens with zero attached hydrogens (tertiary/aromatic N) is 1. The molecule has 0 saturated carbocycles. The van der Waals surface area contributed by atoms with Crippen LogP contribution >= 0.6 is 11.6 Å². The monoisotopic (exact) mass is 381 g/mol. The van der Waals surface area contributed by atoms with Gasteiger partial charge in [0.15, 0.2) is 0 Å². The fourth-order valence-electron chi connectivity index (χ4n) is 2.54. The molecule has 1 heterocycles. The molecular formula is C21H20ClN3O2. The maximum absolute atomic E-state index is 12.3. The molecule has 0 atom stereocenters. The van der Waals surface area contributed by atoms with Crippen molar-refractivity contribution in [1.82, 2.24) is 4.98 Å². The predicted octanol–water partition coefficient (Wildman–Crippen LogP) is 4.65. The van der Waals surface area contributed by atoms with Crippen molar-refractivity contribution in [2.45, 2.75) is 6.42 Å². The highest BCUT2D eigenvalue weighted by Crippen LogP contribution is 2.16. The Balaban J connectivity index is 1.52. The molecule has 0 unspecified atom stereocenters. The topological polar surface area (TPSA) is 63.2 Å². The van der Waals surface area contributed by atoms with E-state index in [1.54, 1.807) is 49.7 Å². The van der Waals surface area contributed by atoms with Crippen LogP contribution < -0.4 is 15.4 Å². The first-order valence-electron chi connectivity index (χ1n) is 8.54. The van der Waals surface area contributed by atoms with Gasteiger partial charge in [-0.2, -0.15) is 0 Å². The van der Waals surface area contributed by atoms with E-state index in [2.05, 4.69) is 15.6 Å². The van der Waals surface area contributed by atoms with E-state index in [1.165, 1.54) is 0 Å². The van der Waals surface area contributed by atoms with E-state index in [0.29, 0.717) is 11.3 Å². The van der Waals surface area contributed by atoms with Crippen LogP contribution in [0.25, 0.3) is 0 Å². The fraction of sp³-hybridized carbons (Fsp3) is 0.143. The average Bonchev–Trinajstić information content (AvgIpc) is 2.69. The lowest BCUT2D eigenvalue weighted by Crippen LogP contribution is -2.13. The van der Waals surface area contributed by atoms with Crippen molar-refractivity contribution in [3.05, 3.63) is 83.0 Å². The third-order valence-electron chi connectivity index (χ3n) is 3.98. The highest BCUT2D eigenvalue weighted by atomic mass is 35.5. The van der Waals surface area contributed by atoms with Crippen LogP contribution in [-0.2, 0) is 6.42 Å². The van der Waals surface area contributed by atoms with Gasteiger partial charge in [0, 0.05) is 23.5 Å².